The predicted molar refractivity (Wildman–Crippen MR) is 42.8 cm³/mol. The summed E-state index contributed by atoms with van der Waals surface area (Å²) in [6.45, 7) is 3.48. The number of carbonyl (C=O) groups excluding carboxylic acids is 1. The molecule has 0 saturated carbocycles. The van der Waals surface area contributed by atoms with E-state index in [2.05, 4.69) is 4.74 Å². The van der Waals surface area contributed by atoms with E-state index in [9.17, 15) is 4.79 Å². The largest absolute Gasteiger partial charge is 0.462 e. The van der Waals surface area contributed by atoms with Gasteiger partial charge < -0.3 is 9.47 Å². The number of alkyl halides is 1. The van der Waals surface area contributed by atoms with Crippen molar-refractivity contribution in [3.8, 4) is 0 Å². The van der Waals surface area contributed by atoms with Crippen LogP contribution in [0.1, 0.15) is 13.3 Å². The van der Waals surface area contributed by atoms with Crippen LogP contribution < -0.4 is 0 Å². The highest BCUT2D eigenvalue weighted by Gasteiger charge is 1.97. The van der Waals surface area contributed by atoms with Crippen LogP contribution in [-0.2, 0) is 14.3 Å². The maximum absolute atomic E-state index is 10.4. The molecule has 0 aliphatic carbocycles. The lowest BCUT2D eigenvalue weighted by atomic mass is 10.5. The first-order valence-corrected chi connectivity index (χ1v) is 4.14. The van der Waals surface area contributed by atoms with Crippen LogP contribution in [0.3, 0.4) is 0 Å². The van der Waals surface area contributed by atoms with Gasteiger partial charge in [0.05, 0.1) is 6.61 Å². The lowest BCUT2D eigenvalue weighted by Gasteiger charge is -2.02. The number of hydrogen-bond donors (Lipinski definition) is 0. The maximum atomic E-state index is 10.4. The second-order valence-electron chi connectivity index (χ2n) is 1.97. The van der Waals surface area contributed by atoms with Crippen LogP contribution in [0.2, 0.25) is 0 Å². The highest BCUT2D eigenvalue weighted by Crippen LogP contribution is 1.84. The van der Waals surface area contributed by atoms with E-state index in [1.54, 1.807) is 0 Å². The van der Waals surface area contributed by atoms with Gasteiger partial charge in [0.25, 0.3) is 0 Å². The van der Waals surface area contributed by atoms with E-state index in [-0.39, 0.29) is 5.88 Å². The second kappa shape index (κ2) is 7.82. The Hall–Kier alpha value is -0.280. The maximum Gasteiger partial charge on any atom is 0.320 e. The minimum atomic E-state index is -0.397. The molecule has 11 heavy (non-hydrogen) atoms. The Morgan fingerprint density at radius 2 is 2.09 bits per heavy atom. The van der Waals surface area contributed by atoms with Crippen LogP contribution in [-0.4, -0.2) is 31.7 Å². The zero-order chi connectivity index (χ0) is 8.53. The third kappa shape index (κ3) is 7.62. The molecule has 0 spiro atoms. The van der Waals surface area contributed by atoms with Gasteiger partial charge in [0.2, 0.25) is 0 Å². The van der Waals surface area contributed by atoms with Crippen LogP contribution in [0.4, 0.5) is 0 Å². The Labute approximate surface area is 71.6 Å². The SMILES string of the molecule is CCCOCCOC(=O)CCl. The highest BCUT2D eigenvalue weighted by molar-refractivity contribution is 6.26. The summed E-state index contributed by atoms with van der Waals surface area (Å²) in [7, 11) is 0. The molecule has 0 N–H and O–H groups in total. The van der Waals surface area contributed by atoms with Gasteiger partial charge in [-0.15, -0.1) is 11.6 Å². The molecular weight excluding hydrogens is 168 g/mol. The molecule has 66 valence electrons. The summed E-state index contributed by atoms with van der Waals surface area (Å²) >= 11 is 5.18. The van der Waals surface area contributed by atoms with E-state index in [1.807, 2.05) is 6.92 Å². The van der Waals surface area contributed by atoms with Crippen LogP contribution in [0.15, 0.2) is 0 Å². The van der Waals surface area contributed by atoms with Crippen molar-refractivity contribution in [1.82, 2.24) is 0 Å². The first-order chi connectivity index (χ1) is 5.31. The first-order valence-electron chi connectivity index (χ1n) is 3.60. The standard InChI is InChI=1S/C7H13ClO3/c1-2-3-10-4-5-11-7(9)6-8/h2-6H2,1H3. The van der Waals surface area contributed by atoms with Crippen molar-refractivity contribution in [1.29, 1.82) is 0 Å². The zero-order valence-electron chi connectivity index (χ0n) is 6.64. The lowest BCUT2D eigenvalue weighted by molar-refractivity contribution is -0.142. The van der Waals surface area contributed by atoms with Gasteiger partial charge in [0.15, 0.2) is 0 Å². The fourth-order valence-corrected chi connectivity index (χ4v) is 0.577. The fourth-order valence-electron chi connectivity index (χ4n) is 0.499. The first kappa shape index (κ1) is 10.7. The number of carbonyl (C=O) groups is 1. The quantitative estimate of drug-likeness (QED) is 0.350. The summed E-state index contributed by atoms with van der Waals surface area (Å²) in [5.41, 5.74) is 0. The predicted octanol–water partition coefficient (Wildman–Crippen LogP) is 1.20. The normalized spacial score (nSPS) is 9.64. The third-order valence-corrected chi connectivity index (χ3v) is 1.17. The molecule has 0 bridgehead atoms. The molecule has 0 radical (unpaired) electrons. The van der Waals surface area contributed by atoms with Crippen molar-refractivity contribution in [2.75, 3.05) is 25.7 Å². The number of hydrogen-bond acceptors (Lipinski definition) is 3. The minimum absolute atomic E-state index is 0.0895. The minimum Gasteiger partial charge on any atom is -0.462 e. The van der Waals surface area contributed by atoms with Gasteiger partial charge in [0, 0.05) is 6.61 Å². The van der Waals surface area contributed by atoms with Crippen molar-refractivity contribution >= 4 is 17.6 Å². The van der Waals surface area contributed by atoms with Crippen molar-refractivity contribution < 1.29 is 14.3 Å². The Bertz CT molecular complexity index is 106. The topological polar surface area (TPSA) is 35.5 Å². The van der Waals surface area contributed by atoms with Gasteiger partial charge in [-0.3, -0.25) is 4.79 Å². The summed E-state index contributed by atoms with van der Waals surface area (Å²) in [6, 6.07) is 0. The summed E-state index contributed by atoms with van der Waals surface area (Å²) in [5, 5.41) is 0. The summed E-state index contributed by atoms with van der Waals surface area (Å²) < 4.78 is 9.70. The fraction of sp³-hybridized carbons (Fsp3) is 0.857. The van der Waals surface area contributed by atoms with E-state index in [1.165, 1.54) is 0 Å². The lowest BCUT2D eigenvalue weighted by Crippen LogP contribution is -2.11. The highest BCUT2D eigenvalue weighted by atomic mass is 35.5. The zero-order valence-corrected chi connectivity index (χ0v) is 7.39. The summed E-state index contributed by atoms with van der Waals surface area (Å²) in [6.07, 6.45) is 0.976. The molecule has 0 saturated heterocycles. The molecule has 0 heterocycles. The molecule has 0 unspecified atom stereocenters. The Balaban J connectivity index is 2.95. The van der Waals surface area contributed by atoms with Crippen molar-refractivity contribution in [3.05, 3.63) is 0 Å². The van der Waals surface area contributed by atoms with Crippen molar-refractivity contribution in [3.63, 3.8) is 0 Å². The number of halogens is 1. The van der Waals surface area contributed by atoms with Crippen LogP contribution in [0.25, 0.3) is 0 Å². The van der Waals surface area contributed by atoms with E-state index >= 15 is 0 Å². The number of esters is 1. The number of rotatable bonds is 6. The van der Waals surface area contributed by atoms with E-state index < -0.39 is 5.97 Å². The average molecular weight is 181 g/mol. The van der Waals surface area contributed by atoms with Crippen LogP contribution in [0.5, 0.6) is 0 Å². The second-order valence-corrected chi connectivity index (χ2v) is 2.23. The van der Waals surface area contributed by atoms with Crippen molar-refractivity contribution in [2.45, 2.75) is 13.3 Å². The van der Waals surface area contributed by atoms with Gasteiger partial charge in [-0.1, -0.05) is 6.92 Å². The molecule has 3 nitrogen and oxygen atoms in total. The summed E-state index contributed by atoms with van der Waals surface area (Å²) in [4.78, 5) is 10.4. The van der Waals surface area contributed by atoms with Gasteiger partial charge in [-0.05, 0) is 6.42 Å². The van der Waals surface area contributed by atoms with Crippen LogP contribution >= 0.6 is 11.6 Å². The monoisotopic (exact) mass is 180 g/mol. The molecule has 0 aromatic heterocycles. The van der Waals surface area contributed by atoms with E-state index in [0.29, 0.717) is 19.8 Å². The molecule has 0 aromatic rings. The third-order valence-electron chi connectivity index (χ3n) is 0.948. The van der Waals surface area contributed by atoms with Gasteiger partial charge >= 0.3 is 5.97 Å². The van der Waals surface area contributed by atoms with Crippen molar-refractivity contribution in [2.24, 2.45) is 0 Å². The summed E-state index contributed by atoms with van der Waals surface area (Å²) in [5.74, 6) is -0.486. The Morgan fingerprint density at radius 1 is 1.36 bits per heavy atom. The molecule has 0 atom stereocenters. The van der Waals surface area contributed by atoms with E-state index in [0.717, 1.165) is 6.42 Å². The molecule has 0 amide bonds. The van der Waals surface area contributed by atoms with Gasteiger partial charge in [-0.25, -0.2) is 0 Å². The Morgan fingerprint density at radius 3 is 2.64 bits per heavy atom. The smallest absolute Gasteiger partial charge is 0.320 e. The molecular formula is C7H13ClO3. The molecule has 0 fully saturated rings. The van der Waals surface area contributed by atoms with Gasteiger partial charge in [0.1, 0.15) is 12.5 Å². The molecule has 0 aliphatic rings. The average Bonchev–Trinajstić information content (AvgIpc) is 2.04. The van der Waals surface area contributed by atoms with E-state index in [4.69, 9.17) is 16.3 Å². The molecule has 0 aliphatic heterocycles. The number of ether oxygens (including phenoxy) is 2. The molecule has 4 heteroatoms. The molecule has 0 rings (SSSR count). The van der Waals surface area contributed by atoms with Crippen LogP contribution in [0, 0.1) is 0 Å². The van der Waals surface area contributed by atoms with Gasteiger partial charge in [-0.2, -0.15) is 0 Å². The Kier molecular flexibility index (Phi) is 7.62. The molecule has 0 aromatic carbocycles.